The van der Waals surface area contributed by atoms with Crippen LogP contribution in [0.15, 0.2) is 69.1 Å². The standard InChI is InChI=1S/C22H13Br2N5/c23-20-15-9-7-12-8-10-17(26-18(12)19(15)27-22(24)28-20)29-16-6-2-1-4-13(16)14-5-3-11-25-21(14)29/h1-7,9,11H,8,10H2. The van der Waals surface area contributed by atoms with E-state index in [9.17, 15) is 0 Å². The molecule has 5 aromatic rings. The first-order valence-electron chi connectivity index (χ1n) is 9.27. The number of aliphatic imine (C=N–C) groups is 1. The van der Waals surface area contributed by atoms with Gasteiger partial charge in [-0.2, -0.15) is 0 Å². The molecule has 1 aliphatic rings. The molecule has 0 amide bonds. The molecule has 29 heavy (non-hydrogen) atoms. The van der Waals surface area contributed by atoms with Gasteiger partial charge in [0.1, 0.15) is 21.6 Å². The number of para-hydroxylation sites is 1. The number of benzene rings is 2. The molecule has 140 valence electrons. The predicted octanol–water partition coefficient (Wildman–Crippen LogP) is 6.18. The van der Waals surface area contributed by atoms with E-state index in [4.69, 9.17) is 4.99 Å². The Balaban J connectivity index is 1.69. The minimum atomic E-state index is 0.547. The van der Waals surface area contributed by atoms with E-state index < -0.39 is 0 Å². The smallest absolute Gasteiger partial charge is 0.198 e. The van der Waals surface area contributed by atoms with Gasteiger partial charge in [0.05, 0.1) is 11.2 Å². The molecule has 0 N–H and O–H groups in total. The van der Waals surface area contributed by atoms with Gasteiger partial charge in [-0.05, 0) is 68.1 Å². The van der Waals surface area contributed by atoms with Crippen LogP contribution in [0.5, 0.6) is 0 Å². The summed E-state index contributed by atoms with van der Waals surface area (Å²) in [7, 11) is 0. The number of pyridine rings is 1. The van der Waals surface area contributed by atoms with Crippen LogP contribution in [0, 0.1) is 0 Å². The van der Waals surface area contributed by atoms with Gasteiger partial charge in [-0.25, -0.2) is 19.9 Å². The number of nitrogens with zero attached hydrogens (tertiary/aromatic N) is 5. The normalized spacial score (nSPS) is 13.8. The zero-order valence-electron chi connectivity index (χ0n) is 15.1. The van der Waals surface area contributed by atoms with Crippen LogP contribution in [-0.4, -0.2) is 25.4 Å². The molecule has 3 aromatic heterocycles. The number of halogens is 2. The van der Waals surface area contributed by atoms with Crippen molar-refractivity contribution < 1.29 is 0 Å². The average molecular weight is 507 g/mol. The van der Waals surface area contributed by atoms with E-state index in [1.807, 2.05) is 12.3 Å². The second kappa shape index (κ2) is 6.43. The van der Waals surface area contributed by atoms with Crippen LogP contribution >= 0.6 is 31.9 Å². The molecule has 6 rings (SSSR count). The molecule has 0 spiro atoms. The number of hydrogen-bond donors (Lipinski definition) is 0. The SMILES string of the molecule is Brc1nc(Br)c2ccc3c(c2n1)N=C(n1c2ccccc2c2cccnc21)CC3. The highest BCUT2D eigenvalue weighted by atomic mass is 79.9. The number of hydrogen-bond acceptors (Lipinski definition) is 4. The van der Waals surface area contributed by atoms with E-state index in [0.717, 1.165) is 56.4 Å². The third-order valence-corrected chi connectivity index (χ3v) is 6.36. The first-order valence-corrected chi connectivity index (χ1v) is 10.9. The van der Waals surface area contributed by atoms with E-state index >= 15 is 0 Å². The number of rotatable bonds is 0. The molecular formula is C22H13Br2N5. The van der Waals surface area contributed by atoms with E-state index in [2.05, 4.69) is 93.8 Å². The van der Waals surface area contributed by atoms with E-state index in [-0.39, 0.29) is 0 Å². The van der Waals surface area contributed by atoms with Crippen LogP contribution < -0.4 is 0 Å². The summed E-state index contributed by atoms with van der Waals surface area (Å²) in [5, 5.41) is 3.29. The third-order valence-electron chi connectivity index (χ3n) is 5.40. The molecule has 0 radical (unpaired) electrons. The minimum absolute atomic E-state index is 0.547. The first kappa shape index (κ1) is 17.2. The largest absolute Gasteiger partial charge is 0.281 e. The van der Waals surface area contributed by atoms with Crippen molar-refractivity contribution in [3.8, 4) is 0 Å². The second-order valence-electron chi connectivity index (χ2n) is 7.01. The molecule has 4 heterocycles. The Morgan fingerprint density at radius 3 is 2.62 bits per heavy atom. The van der Waals surface area contributed by atoms with Crippen molar-refractivity contribution in [1.82, 2.24) is 19.5 Å². The molecule has 1 aliphatic heterocycles. The Kier molecular flexibility index (Phi) is 3.82. The second-order valence-corrected chi connectivity index (χ2v) is 8.47. The van der Waals surface area contributed by atoms with Crippen LogP contribution in [-0.2, 0) is 6.42 Å². The van der Waals surface area contributed by atoms with Crippen molar-refractivity contribution in [3.63, 3.8) is 0 Å². The molecule has 0 atom stereocenters. The summed E-state index contributed by atoms with van der Waals surface area (Å²) >= 11 is 6.96. The fourth-order valence-electron chi connectivity index (χ4n) is 4.14. The highest BCUT2D eigenvalue weighted by Gasteiger charge is 2.21. The van der Waals surface area contributed by atoms with Crippen molar-refractivity contribution >= 4 is 76.2 Å². The molecule has 0 aliphatic carbocycles. The Morgan fingerprint density at radius 2 is 1.69 bits per heavy atom. The molecular weight excluding hydrogens is 494 g/mol. The van der Waals surface area contributed by atoms with Gasteiger partial charge in [-0.3, -0.25) is 4.57 Å². The first-order chi connectivity index (χ1) is 14.2. The van der Waals surface area contributed by atoms with Gasteiger partial charge in [0, 0.05) is 28.8 Å². The molecule has 7 heteroatoms. The summed E-state index contributed by atoms with van der Waals surface area (Å²) in [5.41, 5.74) is 5.03. The van der Waals surface area contributed by atoms with E-state index in [0.29, 0.717) is 4.73 Å². The van der Waals surface area contributed by atoms with Gasteiger partial charge in [-0.15, -0.1) is 0 Å². The predicted molar refractivity (Wildman–Crippen MR) is 123 cm³/mol. The summed E-state index contributed by atoms with van der Waals surface area (Å²) < 4.78 is 3.50. The fourth-order valence-corrected chi connectivity index (χ4v) is 5.22. The quantitative estimate of drug-likeness (QED) is 0.186. The Bertz CT molecular complexity index is 1430. The Labute approximate surface area is 182 Å². The lowest BCUT2D eigenvalue weighted by molar-refractivity contribution is 0.961. The third kappa shape index (κ3) is 2.57. The summed E-state index contributed by atoms with van der Waals surface area (Å²) in [6, 6.07) is 16.7. The fraction of sp³-hybridized carbons (Fsp3) is 0.0909. The highest BCUT2D eigenvalue weighted by Crippen LogP contribution is 2.37. The molecule has 0 saturated heterocycles. The molecule has 0 unspecified atom stereocenters. The minimum Gasteiger partial charge on any atom is -0.281 e. The van der Waals surface area contributed by atoms with Crippen LogP contribution in [0.2, 0.25) is 0 Å². The topological polar surface area (TPSA) is 56.0 Å². The molecule has 5 nitrogen and oxygen atoms in total. The summed E-state index contributed by atoms with van der Waals surface area (Å²) in [6.07, 6.45) is 3.59. The number of aryl methyl sites for hydroxylation is 1. The molecule has 0 saturated carbocycles. The molecule has 0 bridgehead atoms. The van der Waals surface area contributed by atoms with Crippen molar-refractivity contribution in [3.05, 3.63) is 69.6 Å². The maximum Gasteiger partial charge on any atom is 0.198 e. The number of aromatic nitrogens is 4. The van der Waals surface area contributed by atoms with Gasteiger partial charge in [0.25, 0.3) is 0 Å². The van der Waals surface area contributed by atoms with Crippen LogP contribution in [0.4, 0.5) is 5.69 Å². The summed E-state index contributed by atoms with van der Waals surface area (Å²) in [5.74, 6) is 0.987. The lowest BCUT2D eigenvalue weighted by Crippen LogP contribution is -2.16. The van der Waals surface area contributed by atoms with Crippen LogP contribution in [0.25, 0.3) is 32.8 Å². The highest BCUT2D eigenvalue weighted by molar-refractivity contribution is 9.11. The lowest BCUT2D eigenvalue weighted by Gasteiger charge is -2.19. The number of fused-ring (bicyclic) bond motifs is 6. The van der Waals surface area contributed by atoms with Gasteiger partial charge in [-0.1, -0.05) is 24.3 Å². The van der Waals surface area contributed by atoms with Gasteiger partial charge < -0.3 is 0 Å². The maximum atomic E-state index is 5.11. The molecule has 0 fully saturated rings. The van der Waals surface area contributed by atoms with E-state index in [1.54, 1.807) is 0 Å². The summed E-state index contributed by atoms with van der Waals surface area (Å²) in [4.78, 5) is 18.8. The van der Waals surface area contributed by atoms with E-state index in [1.165, 1.54) is 10.9 Å². The van der Waals surface area contributed by atoms with Crippen molar-refractivity contribution in [2.75, 3.05) is 0 Å². The van der Waals surface area contributed by atoms with Gasteiger partial charge >= 0.3 is 0 Å². The van der Waals surface area contributed by atoms with Crippen LogP contribution in [0.1, 0.15) is 12.0 Å². The van der Waals surface area contributed by atoms with Gasteiger partial charge in [0.15, 0.2) is 4.73 Å². The zero-order valence-corrected chi connectivity index (χ0v) is 18.3. The van der Waals surface area contributed by atoms with Crippen molar-refractivity contribution in [2.45, 2.75) is 12.8 Å². The Hall–Kier alpha value is -2.64. The monoisotopic (exact) mass is 505 g/mol. The van der Waals surface area contributed by atoms with Crippen molar-refractivity contribution in [2.24, 2.45) is 4.99 Å². The Morgan fingerprint density at radius 1 is 0.828 bits per heavy atom. The van der Waals surface area contributed by atoms with Gasteiger partial charge in [0.2, 0.25) is 0 Å². The average Bonchev–Trinajstić information content (AvgIpc) is 3.08. The maximum absolute atomic E-state index is 5.11. The zero-order chi connectivity index (χ0) is 19.5. The van der Waals surface area contributed by atoms with Crippen molar-refractivity contribution in [1.29, 1.82) is 0 Å². The molecule has 2 aromatic carbocycles. The van der Waals surface area contributed by atoms with Crippen LogP contribution in [0.3, 0.4) is 0 Å². The summed E-state index contributed by atoms with van der Waals surface area (Å²) in [6.45, 7) is 0. The lowest BCUT2D eigenvalue weighted by atomic mass is 10.0.